The Kier molecular flexibility index (Phi) is 8.86. The van der Waals surface area contributed by atoms with Gasteiger partial charge in [0.05, 0.1) is 11.7 Å². The van der Waals surface area contributed by atoms with Crippen molar-refractivity contribution in [1.29, 1.82) is 0 Å². The summed E-state index contributed by atoms with van der Waals surface area (Å²) in [5.74, 6) is 0. The normalized spacial score (nSPS) is 14.2. The van der Waals surface area contributed by atoms with Gasteiger partial charge >= 0.3 is 0 Å². The minimum absolute atomic E-state index is 0.0110. The van der Waals surface area contributed by atoms with Crippen molar-refractivity contribution in [3.05, 3.63) is 71.6 Å². The largest absolute Gasteiger partial charge is 0.404 e. The number of methoxy groups -OCH3 is 1. The van der Waals surface area contributed by atoms with Crippen molar-refractivity contribution >= 4 is 12.9 Å². The molecule has 0 saturated heterocycles. The summed E-state index contributed by atoms with van der Waals surface area (Å²) >= 11 is 0. The van der Waals surface area contributed by atoms with E-state index in [4.69, 9.17) is 15.5 Å². The number of nitrogens with two attached hydrogens (primary N) is 1. The third-order valence-electron chi connectivity index (χ3n) is 3.53. The van der Waals surface area contributed by atoms with Crippen LogP contribution in [0.5, 0.6) is 0 Å². The van der Waals surface area contributed by atoms with E-state index >= 15 is 0 Å². The van der Waals surface area contributed by atoms with Crippen LogP contribution in [0, 0.1) is 0 Å². The smallest absolute Gasteiger partial charge is 0.0771 e. The van der Waals surface area contributed by atoms with Crippen LogP contribution in [0.4, 0.5) is 0 Å². The highest BCUT2D eigenvalue weighted by molar-refractivity contribution is 5.85. The Morgan fingerprint density at radius 2 is 2.08 bits per heavy atom. The third-order valence-corrected chi connectivity index (χ3v) is 3.53. The number of aliphatic imine (C=N–C) groups is 1. The molecule has 0 heterocycles. The minimum atomic E-state index is -0.0110. The highest BCUT2D eigenvalue weighted by Gasteiger charge is 2.10. The molecule has 0 amide bonds. The molecule has 0 fully saturated rings. The second-order valence-corrected chi connectivity index (χ2v) is 5.14. The van der Waals surface area contributed by atoms with E-state index in [1.165, 1.54) is 6.20 Å². The van der Waals surface area contributed by atoms with Gasteiger partial charge in [-0.2, -0.15) is 5.10 Å². The van der Waals surface area contributed by atoms with Gasteiger partial charge < -0.3 is 10.5 Å². The molecule has 5 nitrogen and oxygen atoms in total. The Labute approximate surface area is 144 Å². The fourth-order valence-corrected chi connectivity index (χ4v) is 2.15. The molecule has 0 aromatic heterocycles. The molecule has 24 heavy (non-hydrogen) atoms. The number of nitrogens with zero attached hydrogens (tertiary/aromatic N) is 2. The van der Waals surface area contributed by atoms with Gasteiger partial charge in [-0.1, -0.05) is 43.0 Å². The molecule has 1 aromatic carbocycles. The number of allylic oxidation sites excluding steroid dienone is 3. The molecule has 0 spiro atoms. The zero-order valence-corrected chi connectivity index (χ0v) is 14.4. The number of hydrogen-bond acceptors (Lipinski definition) is 5. The van der Waals surface area contributed by atoms with E-state index in [0.717, 1.165) is 28.8 Å². The molecule has 0 saturated carbocycles. The number of rotatable bonds is 10. The fourth-order valence-electron chi connectivity index (χ4n) is 2.15. The van der Waals surface area contributed by atoms with Crippen molar-refractivity contribution < 1.29 is 4.74 Å². The first kappa shape index (κ1) is 19.4. The predicted octanol–water partition coefficient (Wildman–Crippen LogP) is 3.34. The number of hydrogen-bond donors (Lipinski definition) is 2. The zero-order valence-electron chi connectivity index (χ0n) is 14.4. The molecule has 3 N–H and O–H groups in total. The topological polar surface area (TPSA) is 72.0 Å². The summed E-state index contributed by atoms with van der Waals surface area (Å²) in [4.78, 5) is 4.70. The van der Waals surface area contributed by atoms with Crippen molar-refractivity contribution in [2.24, 2.45) is 15.8 Å². The summed E-state index contributed by atoms with van der Waals surface area (Å²) in [6.45, 7) is 9.77. The average Bonchev–Trinajstić information content (AvgIpc) is 2.63. The summed E-state index contributed by atoms with van der Waals surface area (Å²) in [6, 6.07) is 10.1. The van der Waals surface area contributed by atoms with Crippen molar-refractivity contribution in [2.75, 3.05) is 13.7 Å². The molecule has 1 unspecified atom stereocenters. The van der Waals surface area contributed by atoms with E-state index in [-0.39, 0.29) is 6.04 Å². The molecular formula is C19H26N4O. The van der Waals surface area contributed by atoms with Gasteiger partial charge in [0.2, 0.25) is 0 Å². The highest BCUT2D eigenvalue weighted by Crippen LogP contribution is 2.22. The maximum atomic E-state index is 5.77. The fraction of sp³-hybridized carbons (Fsp3) is 0.263. The quantitative estimate of drug-likeness (QED) is 0.393. The van der Waals surface area contributed by atoms with Crippen molar-refractivity contribution in [1.82, 2.24) is 5.43 Å². The Morgan fingerprint density at radius 3 is 2.62 bits per heavy atom. The van der Waals surface area contributed by atoms with Crippen LogP contribution < -0.4 is 11.2 Å². The van der Waals surface area contributed by atoms with E-state index < -0.39 is 0 Å². The molecule has 0 aliphatic carbocycles. The monoisotopic (exact) mass is 326 g/mol. The summed E-state index contributed by atoms with van der Waals surface area (Å²) in [5, 5.41) is 3.73. The van der Waals surface area contributed by atoms with Gasteiger partial charge in [0.1, 0.15) is 0 Å². The molecule has 0 radical (unpaired) electrons. The second-order valence-electron chi connectivity index (χ2n) is 5.14. The Balaban J connectivity index is 3.09. The van der Waals surface area contributed by atoms with Crippen LogP contribution in [0.15, 0.2) is 76.1 Å². The van der Waals surface area contributed by atoms with Gasteiger partial charge in [-0.05, 0) is 24.5 Å². The third kappa shape index (κ3) is 5.85. The van der Waals surface area contributed by atoms with Crippen LogP contribution in [0.25, 0.3) is 0 Å². The molecule has 0 aliphatic heterocycles. The molecule has 1 aromatic rings. The summed E-state index contributed by atoms with van der Waals surface area (Å²) in [6.07, 6.45) is 5.74. The molecule has 0 bridgehead atoms. The maximum absolute atomic E-state index is 5.77. The summed E-state index contributed by atoms with van der Waals surface area (Å²) in [5.41, 5.74) is 12.1. The number of benzene rings is 1. The minimum Gasteiger partial charge on any atom is -0.404 e. The van der Waals surface area contributed by atoms with Crippen LogP contribution in [-0.2, 0) is 4.74 Å². The van der Waals surface area contributed by atoms with Crippen molar-refractivity contribution in [2.45, 2.75) is 19.4 Å². The lowest BCUT2D eigenvalue weighted by atomic mass is 10.0. The molecule has 1 atom stereocenters. The number of hydrazone groups is 1. The van der Waals surface area contributed by atoms with Crippen molar-refractivity contribution in [3.8, 4) is 0 Å². The first-order chi connectivity index (χ1) is 11.7. The van der Waals surface area contributed by atoms with Gasteiger partial charge in [-0.3, -0.25) is 10.4 Å². The predicted molar refractivity (Wildman–Crippen MR) is 102 cm³/mol. The van der Waals surface area contributed by atoms with Gasteiger partial charge in [-0.15, -0.1) is 0 Å². The van der Waals surface area contributed by atoms with Crippen molar-refractivity contribution in [3.63, 3.8) is 0 Å². The lowest BCUT2D eigenvalue weighted by molar-refractivity contribution is 0.188. The lowest BCUT2D eigenvalue weighted by Crippen LogP contribution is -2.12. The SMILES string of the molecule is C=C/C(C)=C(/NN=C)C(C=NC(CCOC)c1ccccc1)=CN. The zero-order chi connectivity index (χ0) is 17.8. The highest BCUT2D eigenvalue weighted by atomic mass is 16.5. The number of nitrogens with one attached hydrogen (secondary N) is 1. The van der Waals surface area contributed by atoms with E-state index in [2.05, 4.69) is 36.0 Å². The van der Waals surface area contributed by atoms with Gasteiger partial charge in [0, 0.05) is 38.4 Å². The molecule has 128 valence electrons. The molecule has 5 heteroatoms. The van der Waals surface area contributed by atoms with Gasteiger partial charge in [0.25, 0.3) is 0 Å². The Hall–Kier alpha value is -2.66. The van der Waals surface area contributed by atoms with E-state index in [1.54, 1.807) is 19.4 Å². The molecule has 0 aliphatic rings. The second kappa shape index (κ2) is 11.0. The van der Waals surface area contributed by atoms with Crippen LogP contribution in [0.3, 0.4) is 0 Å². The molecule has 1 rings (SSSR count). The van der Waals surface area contributed by atoms with Crippen LogP contribution in [0.1, 0.15) is 24.9 Å². The first-order valence-electron chi connectivity index (χ1n) is 7.72. The molecular weight excluding hydrogens is 300 g/mol. The van der Waals surface area contributed by atoms with Crippen LogP contribution in [0.2, 0.25) is 0 Å². The average molecular weight is 326 g/mol. The van der Waals surface area contributed by atoms with Crippen LogP contribution in [-0.4, -0.2) is 26.6 Å². The number of ether oxygens (including phenoxy) is 1. The Morgan fingerprint density at radius 1 is 1.38 bits per heavy atom. The summed E-state index contributed by atoms with van der Waals surface area (Å²) in [7, 11) is 1.69. The van der Waals surface area contributed by atoms with Gasteiger partial charge in [0.15, 0.2) is 0 Å². The standard InChI is InChI=1S/C19H26N4O/c1-5-15(2)19(23-21-3)17(13-20)14-22-18(11-12-24-4)16-9-7-6-8-10-16/h5-10,13-14,18,23H,1,3,11-12,20H2,2,4H3/b17-13?,19-15+,22-14?. The van der Waals surface area contributed by atoms with Crippen LogP contribution >= 0.6 is 0 Å². The lowest BCUT2D eigenvalue weighted by Gasteiger charge is -2.14. The van der Waals surface area contributed by atoms with E-state index in [0.29, 0.717) is 6.61 Å². The van der Waals surface area contributed by atoms with E-state index in [1.807, 2.05) is 25.1 Å². The maximum Gasteiger partial charge on any atom is 0.0771 e. The Bertz CT molecular complexity index is 618. The van der Waals surface area contributed by atoms with Gasteiger partial charge in [-0.25, -0.2) is 0 Å². The van der Waals surface area contributed by atoms with E-state index in [9.17, 15) is 0 Å². The summed E-state index contributed by atoms with van der Waals surface area (Å²) < 4.78 is 5.20. The first-order valence-corrected chi connectivity index (χ1v) is 7.72.